The van der Waals surface area contributed by atoms with Gasteiger partial charge in [0, 0.05) is 49.7 Å². The average molecular weight is 566 g/mol. The number of benzene rings is 1. The topological polar surface area (TPSA) is 82.8 Å². The van der Waals surface area contributed by atoms with Crippen LogP contribution in [0.25, 0.3) is 16.6 Å². The van der Waals surface area contributed by atoms with Crippen molar-refractivity contribution in [1.29, 1.82) is 0 Å². The van der Waals surface area contributed by atoms with Crippen LogP contribution >= 0.6 is 0 Å². The lowest BCUT2D eigenvalue weighted by molar-refractivity contribution is -0.101. The Morgan fingerprint density at radius 3 is 2.58 bits per heavy atom. The van der Waals surface area contributed by atoms with E-state index in [-0.39, 0.29) is 41.3 Å². The van der Waals surface area contributed by atoms with Gasteiger partial charge in [-0.05, 0) is 64.3 Å². The number of halogens is 4. The summed E-state index contributed by atoms with van der Waals surface area (Å²) in [5, 5.41) is 3.79. The first-order valence-electron chi connectivity index (χ1n) is 14.0. The van der Waals surface area contributed by atoms with Crippen molar-refractivity contribution in [2.45, 2.75) is 64.5 Å². The number of hydrogen-bond donors (Lipinski definition) is 2. The predicted molar refractivity (Wildman–Crippen MR) is 148 cm³/mol. The molecule has 0 bridgehead atoms. The largest absolute Gasteiger partial charge is 0.462 e. The molecule has 2 aromatic rings. The van der Waals surface area contributed by atoms with Gasteiger partial charge in [-0.2, -0.15) is 23.1 Å². The van der Waals surface area contributed by atoms with Gasteiger partial charge < -0.3 is 30.5 Å². The van der Waals surface area contributed by atoms with E-state index in [2.05, 4.69) is 20.1 Å². The third kappa shape index (κ3) is 5.21. The SMILES string of the molecule is Cc1cc2c(N3CCNC[C@@H]3C)nc(OC[C@@H]3CCCN3C)nc2c(F)c1C1=C(C(F)(F)F)C(C)CC(N)N1C. The number of alkyl halides is 3. The van der Waals surface area contributed by atoms with Crippen LogP contribution in [0, 0.1) is 18.7 Å². The first-order valence-corrected chi connectivity index (χ1v) is 14.0. The van der Waals surface area contributed by atoms with E-state index in [1.165, 1.54) is 18.9 Å². The summed E-state index contributed by atoms with van der Waals surface area (Å²) in [5.74, 6) is -1.19. The highest BCUT2D eigenvalue weighted by Crippen LogP contribution is 2.46. The molecule has 2 saturated heterocycles. The molecule has 0 saturated carbocycles. The summed E-state index contributed by atoms with van der Waals surface area (Å²) in [6.45, 7) is 8.56. The van der Waals surface area contributed by atoms with E-state index >= 15 is 4.39 Å². The van der Waals surface area contributed by atoms with Crippen LogP contribution in [0.4, 0.5) is 23.4 Å². The fourth-order valence-corrected chi connectivity index (χ4v) is 6.36. The number of rotatable bonds is 5. The second kappa shape index (κ2) is 10.9. The first kappa shape index (κ1) is 28.8. The number of likely N-dealkylation sites (tertiary alicyclic amines) is 1. The summed E-state index contributed by atoms with van der Waals surface area (Å²) >= 11 is 0. The third-order valence-electron chi connectivity index (χ3n) is 8.67. The van der Waals surface area contributed by atoms with Crippen LogP contribution in [0.1, 0.15) is 44.2 Å². The van der Waals surface area contributed by atoms with Gasteiger partial charge in [-0.1, -0.05) is 6.92 Å². The summed E-state index contributed by atoms with van der Waals surface area (Å²) in [4.78, 5) is 14.8. The van der Waals surface area contributed by atoms with Crippen molar-refractivity contribution < 1.29 is 22.3 Å². The second-order valence-corrected chi connectivity index (χ2v) is 11.5. The van der Waals surface area contributed by atoms with E-state index in [0.717, 1.165) is 32.5 Å². The molecule has 220 valence electrons. The highest BCUT2D eigenvalue weighted by Gasteiger charge is 2.45. The maximum absolute atomic E-state index is 16.7. The van der Waals surface area contributed by atoms with Crippen LogP contribution < -0.4 is 20.7 Å². The summed E-state index contributed by atoms with van der Waals surface area (Å²) < 4.78 is 65.9. The summed E-state index contributed by atoms with van der Waals surface area (Å²) in [5.41, 5.74) is 5.39. The van der Waals surface area contributed by atoms with Gasteiger partial charge in [-0.15, -0.1) is 0 Å². The van der Waals surface area contributed by atoms with E-state index in [0.29, 0.717) is 29.9 Å². The molecule has 4 atom stereocenters. The molecule has 3 N–H and O–H groups in total. The molecule has 3 aliphatic rings. The van der Waals surface area contributed by atoms with Crippen LogP contribution in [0.3, 0.4) is 0 Å². The number of piperazine rings is 1. The van der Waals surface area contributed by atoms with Gasteiger partial charge in [0.2, 0.25) is 0 Å². The Labute approximate surface area is 232 Å². The molecule has 2 unspecified atom stereocenters. The summed E-state index contributed by atoms with van der Waals surface area (Å²) in [6.07, 6.45) is -3.18. The van der Waals surface area contributed by atoms with Gasteiger partial charge in [0.1, 0.15) is 17.9 Å². The van der Waals surface area contributed by atoms with Crippen molar-refractivity contribution in [2.75, 3.05) is 51.8 Å². The molecule has 0 radical (unpaired) electrons. The molecule has 12 heteroatoms. The van der Waals surface area contributed by atoms with Gasteiger partial charge >= 0.3 is 12.2 Å². The van der Waals surface area contributed by atoms with Crippen molar-refractivity contribution >= 4 is 22.4 Å². The average Bonchev–Trinajstić information content (AvgIpc) is 3.29. The maximum Gasteiger partial charge on any atom is 0.414 e. The monoisotopic (exact) mass is 565 g/mol. The molecule has 8 nitrogen and oxygen atoms in total. The molecule has 4 heterocycles. The number of likely N-dealkylation sites (N-methyl/N-ethyl adjacent to an activating group) is 1. The van der Waals surface area contributed by atoms with Gasteiger partial charge in [0.25, 0.3) is 0 Å². The molecule has 5 rings (SSSR count). The lowest BCUT2D eigenvalue weighted by atomic mass is 9.85. The summed E-state index contributed by atoms with van der Waals surface area (Å²) in [7, 11) is 3.52. The number of ether oxygens (including phenoxy) is 1. The van der Waals surface area contributed by atoms with Crippen LogP contribution in [0.15, 0.2) is 11.6 Å². The number of nitrogens with one attached hydrogen (secondary N) is 1. The molecule has 3 aliphatic heterocycles. The van der Waals surface area contributed by atoms with E-state index in [4.69, 9.17) is 15.5 Å². The molecule has 2 fully saturated rings. The van der Waals surface area contributed by atoms with Crippen molar-refractivity contribution in [2.24, 2.45) is 11.7 Å². The number of aryl methyl sites for hydroxylation is 1. The Kier molecular flexibility index (Phi) is 7.88. The first-order chi connectivity index (χ1) is 18.9. The van der Waals surface area contributed by atoms with Crippen LogP contribution in [0.5, 0.6) is 6.01 Å². The number of anilines is 1. The Bertz CT molecular complexity index is 1300. The Morgan fingerprint density at radius 1 is 1.18 bits per heavy atom. The number of allylic oxidation sites excluding steroid dienone is 1. The molecule has 40 heavy (non-hydrogen) atoms. The highest BCUT2D eigenvalue weighted by molar-refractivity contribution is 5.94. The molecule has 1 aromatic heterocycles. The highest BCUT2D eigenvalue weighted by atomic mass is 19.4. The van der Waals surface area contributed by atoms with Crippen molar-refractivity contribution in [1.82, 2.24) is 25.1 Å². The number of nitrogens with two attached hydrogens (primary N) is 1. The maximum atomic E-state index is 16.7. The number of hydrogen-bond acceptors (Lipinski definition) is 8. The minimum Gasteiger partial charge on any atom is -0.462 e. The zero-order chi connectivity index (χ0) is 28.9. The number of aromatic nitrogens is 2. The lowest BCUT2D eigenvalue weighted by Crippen LogP contribution is -2.50. The minimum atomic E-state index is -4.65. The fourth-order valence-electron chi connectivity index (χ4n) is 6.36. The van der Waals surface area contributed by atoms with Crippen LogP contribution in [0.2, 0.25) is 0 Å². The third-order valence-corrected chi connectivity index (χ3v) is 8.67. The number of fused-ring (bicyclic) bond motifs is 1. The number of nitrogens with zero attached hydrogens (tertiary/aromatic N) is 5. The van der Waals surface area contributed by atoms with Gasteiger partial charge in [0.05, 0.1) is 17.4 Å². The van der Waals surface area contributed by atoms with E-state index < -0.39 is 29.7 Å². The molecule has 0 spiro atoms. The Hall–Kier alpha value is -2.70. The Balaban J connectivity index is 1.71. The zero-order valence-electron chi connectivity index (χ0n) is 23.8. The molecule has 0 amide bonds. The Morgan fingerprint density at radius 2 is 1.93 bits per heavy atom. The normalized spacial score (nSPS) is 26.8. The predicted octanol–water partition coefficient (Wildman–Crippen LogP) is 3.88. The summed E-state index contributed by atoms with van der Waals surface area (Å²) in [6, 6.07) is 1.98. The second-order valence-electron chi connectivity index (χ2n) is 11.5. The van der Waals surface area contributed by atoms with Crippen LogP contribution in [-0.4, -0.2) is 91.1 Å². The van der Waals surface area contributed by atoms with Crippen LogP contribution in [-0.2, 0) is 0 Å². The van der Waals surface area contributed by atoms with Gasteiger partial charge in [-0.3, -0.25) is 0 Å². The lowest BCUT2D eigenvalue weighted by Gasteiger charge is -2.40. The fraction of sp³-hybridized carbons (Fsp3) is 0.643. The van der Waals surface area contributed by atoms with Gasteiger partial charge in [0.15, 0.2) is 5.82 Å². The van der Waals surface area contributed by atoms with Crippen molar-refractivity contribution in [3.8, 4) is 6.01 Å². The smallest absolute Gasteiger partial charge is 0.414 e. The van der Waals surface area contributed by atoms with E-state index in [1.807, 2.05) is 14.0 Å². The molecular weight excluding hydrogens is 526 g/mol. The quantitative estimate of drug-likeness (QED) is 0.529. The van der Waals surface area contributed by atoms with E-state index in [1.54, 1.807) is 13.0 Å². The van der Waals surface area contributed by atoms with E-state index in [9.17, 15) is 13.2 Å². The molecular formula is C28H39F4N7O. The van der Waals surface area contributed by atoms with Gasteiger partial charge in [-0.25, -0.2) is 4.39 Å². The molecule has 0 aliphatic carbocycles. The van der Waals surface area contributed by atoms with Crippen molar-refractivity contribution in [3.05, 3.63) is 28.6 Å². The van der Waals surface area contributed by atoms with Crippen molar-refractivity contribution in [3.63, 3.8) is 0 Å². The zero-order valence-corrected chi connectivity index (χ0v) is 23.8. The minimum absolute atomic E-state index is 0.0225. The standard InChI is InChI=1S/C28H39F4N7O/c1-15-11-19-24(23(29)21(15)25-22(28(30,31)32)16(2)12-20(33)38(25)5)35-27(40-14-18-7-6-9-37(18)4)36-26(19)39-10-8-34-13-17(39)3/h11,16-18,20,34H,6-10,12-14,33H2,1-5H3/t16?,17-,18-,20?/m0/s1. The molecule has 1 aromatic carbocycles.